The Balaban J connectivity index is 2.02. The number of carbonyl (C=O) groups excluding carboxylic acids is 2. The molecule has 4 heteroatoms. The zero-order valence-electron chi connectivity index (χ0n) is 13.5. The fourth-order valence-corrected chi connectivity index (χ4v) is 2.11. The highest BCUT2D eigenvalue weighted by Crippen LogP contribution is 2.09. The first-order valence-corrected chi connectivity index (χ1v) is 8.24. The summed E-state index contributed by atoms with van der Waals surface area (Å²) in [6, 6.07) is 8.89. The van der Waals surface area contributed by atoms with E-state index in [4.69, 9.17) is 4.74 Å². The summed E-state index contributed by atoms with van der Waals surface area (Å²) < 4.78 is 5.13. The monoisotopic (exact) mass is 305 g/mol. The molecule has 0 fully saturated rings. The lowest BCUT2D eigenvalue weighted by molar-refractivity contribution is -0.136. The second-order valence-corrected chi connectivity index (χ2v) is 5.40. The van der Waals surface area contributed by atoms with Crippen molar-refractivity contribution in [1.29, 1.82) is 0 Å². The van der Waals surface area contributed by atoms with Crippen LogP contribution >= 0.6 is 0 Å². The second-order valence-electron chi connectivity index (χ2n) is 5.40. The number of carbonyl (C=O) groups is 2. The van der Waals surface area contributed by atoms with E-state index in [9.17, 15) is 9.59 Å². The maximum atomic E-state index is 11.6. The van der Waals surface area contributed by atoms with Crippen molar-refractivity contribution in [1.82, 2.24) is 5.32 Å². The number of hydrogen-bond acceptors (Lipinski definition) is 3. The molecule has 0 aliphatic heterocycles. The van der Waals surface area contributed by atoms with Crippen LogP contribution in [0.2, 0.25) is 0 Å². The van der Waals surface area contributed by atoms with E-state index >= 15 is 0 Å². The van der Waals surface area contributed by atoms with E-state index in [1.54, 1.807) is 24.3 Å². The molecule has 0 radical (unpaired) electrons. The molecule has 0 saturated heterocycles. The number of esters is 1. The molecule has 1 rings (SSSR count). The van der Waals surface area contributed by atoms with Crippen molar-refractivity contribution in [2.75, 3.05) is 6.54 Å². The van der Waals surface area contributed by atoms with Crippen molar-refractivity contribution in [3.63, 3.8) is 0 Å². The number of unbranched alkanes of at least 4 members (excludes halogenated alkanes) is 5. The summed E-state index contributed by atoms with van der Waals surface area (Å²) in [5, 5.41) is 2.85. The number of para-hydroxylation sites is 1. The van der Waals surface area contributed by atoms with Crippen LogP contribution in [0.3, 0.4) is 0 Å². The summed E-state index contributed by atoms with van der Waals surface area (Å²) >= 11 is 0. The number of benzene rings is 1. The van der Waals surface area contributed by atoms with E-state index in [1.165, 1.54) is 25.7 Å². The molecule has 0 unspecified atom stereocenters. The number of amides is 1. The smallest absolute Gasteiger partial charge is 0.311 e. The van der Waals surface area contributed by atoms with Gasteiger partial charge in [-0.2, -0.15) is 0 Å². The molecular formula is C18H27NO3. The third-order valence-corrected chi connectivity index (χ3v) is 3.38. The van der Waals surface area contributed by atoms with Crippen molar-refractivity contribution >= 4 is 11.9 Å². The van der Waals surface area contributed by atoms with Gasteiger partial charge >= 0.3 is 5.97 Å². The molecule has 4 nitrogen and oxygen atoms in total. The summed E-state index contributed by atoms with van der Waals surface area (Å²) in [6.07, 6.45) is 7.48. The van der Waals surface area contributed by atoms with Gasteiger partial charge in [-0.1, -0.05) is 57.2 Å². The average molecular weight is 305 g/mol. The lowest BCUT2D eigenvalue weighted by Crippen LogP contribution is -2.25. The van der Waals surface area contributed by atoms with E-state index in [2.05, 4.69) is 12.2 Å². The van der Waals surface area contributed by atoms with E-state index in [-0.39, 0.29) is 24.7 Å². The van der Waals surface area contributed by atoms with Crippen molar-refractivity contribution in [2.24, 2.45) is 0 Å². The number of rotatable bonds is 11. The zero-order chi connectivity index (χ0) is 16.0. The first-order valence-electron chi connectivity index (χ1n) is 8.24. The first kappa shape index (κ1) is 18.2. The van der Waals surface area contributed by atoms with Gasteiger partial charge in [0.05, 0.1) is 6.42 Å². The lowest BCUT2D eigenvalue weighted by atomic mass is 10.1. The highest BCUT2D eigenvalue weighted by Gasteiger charge is 2.08. The van der Waals surface area contributed by atoms with Crippen LogP contribution in [0, 0.1) is 0 Å². The molecule has 0 aromatic heterocycles. The molecule has 1 aromatic carbocycles. The maximum absolute atomic E-state index is 11.6. The van der Waals surface area contributed by atoms with Crippen LogP contribution < -0.4 is 10.1 Å². The second kappa shape index (κ2) is 11.8. The molecule has 0 bridgehead atoms. The van der Waals surface area contributed by atoms with Crippen LogP contribution in [-0.2, 0) is 9.59 Å². The molecule has 0 saturated carbocycles. The topological polar surface area (TPSA) is 55.4 Å². The van der Waals surface area contributed by atoms with Crippen LogP contribution in [0.25, 0.3) is 0 Å². The first-order chi connectivity index (χ1) is 10.7. The molecule has 22 heavy (non-hydrogen) atoms. The Morgan fingerprint density at radius 1 is 0.955 bits per heavy atom. The van der Waals surface area contributed by atoms with Crippen molar-refractivity contribution in [3.05, 3.63) is 30.3 Å². The number of nitrogens with one attached hydrogen (secondary N) is 1. The van der Waals surface area contributed by atoms with Gasteiger partial charge in [0.1, 0.15) is 5.75 Å². The van der Waals surface area contributed by atoms with E-state index in [1.807, 2.05) is 6.07 Å². The third kappa shape index (κ3) is 9.16. The Morgan fingerprint density at radius 2 is 1.64 bits per heavy atom. The minimum absolute atomic E-state index is 0.0847. The van der Waals surface area contributed by atoms with Crippen molar-refractivity contribution in [2.45, 2.75) is 58.3 Å². The van der Waals surface area contributed by atoms with Crippen molar-refractivity contribution < 1.29 is 14.3 Å². The summed E-state index contributed by atoms with van der Waals surface area (Å²) in [7, 11) is 0. The van der Waals surface area contributed by atoms with Gasteiger partial charge in [0.15, 0.2) is 0 Å². The SMILES string of the molecule is CCCCCCCCNC(=O)CCC(=O)Oc1ccccc1. The summed E-state index contributed by atoms with van der Waals surface area (Å²) in [5.41, 5.74) is 0. The minimum Gasteiger partial charge on any atom is -0.427 e. The summed E-state index contributed by atoms with van der Waals surface area (Å²) in [6.45, 7) is 2.89. The van der Waals surface area contributed by atoms with Gasteiger partial charge in [-0.15, -0.1) is 0 Å². The molecule has 122 valence electrons. The van der Waals surface area contributed by atoms with Gasteiger partial charge in [-0.3, -0.25) is 9.59 Å². The molecule has 1 N–H and O–H groups in total. The molecule has 0 atom stereocenters. The summed E-state index contributed by atoms with van der Waals surface area (Å²) in [5.74, 6) is 0.0551. The van der Waals surface area contributed by atoms with Gasteiger partial charge < -0.3 is 10.1 Å². The van der Waals surface area contributed by atoms with Crippen LogP contribution in [0.15, 0.2) is 30.3 Å². The molecule has 0 aliphatic carbocycles. The third-order valence-electron chi connectivity index (χ3n) is 3.38. The fraction of sp³-hybridized carbons (Fsp3) is 0.556. The molecule has 0 spiro atoms. The van der Waals surface area contributed by atoms with Gasteiger partial charge in [-0.25, -0.2) is 0 Å². The Morgan fingerprint density at radius 3 is 2.36 bits per heavy atom. The van der Waals surface area contributed by atoms with Gasteiger partial charge in [-0.05, 0) is 18.6 Å². The standard InChI is InChI=1S/C18H27NO3/c1-2-3-4-5-6-10-15-19-17(20)13-14-18(21)22-16-11-8-7-9-12-16/h7-9,11-12H,2-6,10,13-15H2,1H3,(H,19,20). The molecule has 0 aliphatic rings. The molecule has 1 aromatic rings. The van der Waals surface area contributed by atoms with Crippen LogP contribution in [0.4, 0.5) is 0 Å². The minimum atomic E-state index is -0.374. The Hall–Kier alpha value is -1.84. The Bertz CT molecular complexity index is 431. The maximum Gasteiger partial charge on any atom is 0.311 e. The predicted molar refractivity (Wildman–Crippen MR) is 87.7 cm³/mol. The van der Waals surface area contributed by atoms with Crippen LogP contribution in [0.1, 0.15) is 58.3 Å². The van der Waals surface area contributed by atoms with Gasteiger partial charge in [0, 0.05) is 13.0 Å². The highest BCUT2D eigenvalue weighted by molar-refractivity contribution is 5.82. The van der Waals surface area contributed by atoms with E-state index < -0.39 is 0 Å². The van der Waals surface area contributed by atoms with Crippen LogP contribution in [-0.4, -0.2) is 18.4 Å². The average Bonchev–Trinajstić information content (AvgIpc) is 2.53. The van der Waals surface area contributed by atoms with Gasteiger partial charge in [0.2, 0.25) is 5.91 Å². The predicted octanol–water partition coefficient (Wildman–Crippen LogP) is 3.85. The van der Waals surface area contributed by atoms with Gasteiger partial charge in [0.25, 0.3) is 0 Å². The Labute approximate surface area is 133 Å². The highest BCUT2D eigenvalue weighted by atomic mass is 16.5. The number of ether oxygens (including phenoxy) is 1. The zero-order valence-corrected chi connectivity index (χ0v) is 13.5. The molecule has 0 heterocycles. The summed E-state index contributed by atoms with van der Waals surface area (Å²) in [4.78, 5) is 23.2. The van der Waals surface area contributed by atoms with Crippen LogP contribution in [0.5, 0.6) is 5.75 Å². The quantitative estimate of drug-likeness (QED) is 0.384. The normalized spacial score (nSPS) is 10.2. The Kier molecular flexibility index (Phi) is 9.75. The fourth-order valence-electron chi connectivity index (χ4n) is 2.11. The molecular weight excluding hydrogens is 278 g/mol. The lowest BCUT2D eigenvalue weighted by Gasteiger charge is -2.06. The number of hydrogen-bond donors (Lipinski definition) is 1. The van der Waals surface area contributed by atoms with Crippen molar-refractivity contribution in [3.8, 4) is 5.75 Å². The largest absolute Gasteiger partial charge is 0.427 e. The molecule has 1 amide bonds. The van der Waals surface area contributed by atoms with E-state index in [0.717, 1.165) is 12.8 Å². The van der Waals surface area contributed by atoms with E-state index in [0.29, 0.717) is 12.3 Å².